The molecular formula is C15H25N. The van der Waals surface area contributed by atoms with Crippen LogP contribution in [0.25, 0.3) is 0 Å². The van der Waals surface area contributed by atoms with E-state index < -0.39 is 0 Å². The summed E-state index contributed by atoms with van der Waals surface area (Å²) < 4.78 is 0. The van der Waals surface area contributed by atoms with Crippen LogP contribution in [0.4, 0.5) is 0 Å². The third-order valence-corrected chi connectivity index (χ3v) is 5.47. The van der Waals surface area contributed by atoms with E-state index in [2.05, 4.69) is 25.0 Å². The summed E-state index contributed by atoms with van der Waals surface area (Å²) in [4.78, 5) is 0. The van der Waals surface area contributed by atoms with E-state index in [4.69, 9.17) is 0 Å². The van der Waals surface area contributed by atoms with Crippen molar-refractivity contribution in [3.8, 4) is 0 Å². The maximum absolute atomic E-state index is 3.97. The molecule has 0 spiro atoms. The molecule has 0 heterocycles. The number of rotatable bonds is 4. The van der Waals surface area contributed by atoms with Gasteiger partial charge in [-0.15, -0.1) is 6.58 Å². The molecule has 90 valence electrons. The minimum Gasteiger partial charge on any atom is -0.314 e. The molecule has 4 aliphatic rings. The third-order valence-electron chi connectivity index (χ3n) is 5.47. The first kappa shape index (κ1) is 10.8. The van der Waals surface area contributed by atoms with Gasteiger partial charge in [0.1, 0.15) is 0 Å². The molecule has 4 aliphatic carbocycles. The van der Waals surface area contributed by atoms with Crippen LogP contribution in [0.5, 0.6) is 0 Å². The Morgan fingerprint density at radius 1 is 1.19 bits per heavy atom. The van der Waals surface area contributed by atoms with Crippen molar-refractivity contribution in [2.75, 3.05) is 7.05 Å². The average Bonchev–Trinajstić information content (AvgIpc) is 2.24. The van der Waals surface area contributed by atoms with Crippen LogP contribution in [0, 0.1) is 23.2 Å². The Bertz CT molecular complexity index is 246. The Hall–Kier alpha value is -0.300. The van der Waals surface area contributed by atoms with E-state index in [1.165, 1.54) is 25.7 Å². The zero-order valence-corrected chi connectivity index (χ0v) is 10.5. The molecule has 0 amide bonds. The Morgan fingerprint density at radius 2 is 1.69 bits per heavy atom. The SMILES string of the molecule is C=CC(CC12CC3CC(CC(C3)C1)C2)NC. The smallest absolute Gasteiger partial charge is 0.0249 e. The Balaban J connectivity index is 1.75. The van der Waals surface area contributed by atoms with E-state index in [9.17, 15) is 0 Å². The molecule has 4 bridgehead atoms. The van der Waals surface area contributed by atoms with Crippen LogP contribution in [-0.2, 0) is 0 Å². The topological polar surface area (TPSA) is 12.0 Å². The molecule has 16 heavy (non-hydrogen) atoms. The van der Waals surface area contributed by atoms with E-state index in [0.29, 0.717) is 11.5 Å². The molecule has 1 unspecified atom stereocenters. The molecule has 0 aliphatic heterocycles. The summed E-state index contributed by atoms with van der Waals surface area (Å²) in [5.41, 5.74) is 0.691. The van der Waals surface area contributed by atoms with Gasteiger partial charge in [0.05, 0.1) is 0 Å². The van der Waals surface area contributed by atoms with Gasteiger partial charge in [-0.3, -0.25) is 0 Å². The van der Waals surface area contributed by atoms with Crippen molar-refractivity contribution in [1.82, 2.24) is 5.32 Å². The maximum Gasteiger partial charge on any atom is 0.0249 e. The van der Waals surface area contributed by atoms with E-state index in [0.717, 1.165) is 17.8 Å². The van der Waals surface area contributed by atoms with Gasteiger partial charge < -0.3 is 5.32 Å². The summed E-state index contributed by atoms with van der Waals surface area (Å²) in [5.74, 6) is 3.23. The van der Waals surface area contributed by atoms with Crippen molar-refractivity contribution in [3.63, 3.8) is 0 Å². The van der Waals surface area contributed by atoms with Crippen LogP contribution in [0.15, 0.2) is 12.7 Å². The van der Waals surface area contributed by atoms with Crippen molar-refractivity contribution in [2.24, 2.45) is 23.2 Å². The van der Waals surface area contributed by atoms with Crippen molar-refractivity contribution >= 4 is 0 Å². The molecule has 4 fully saturated rings. The predicted octanol–water partition coefficient (Wildman–Crippen LogP) is 3.37. The zero-order valence-electron chi connectivity index (χ0n) is 10.5. The summed E-state index contributed by atoms with van der Waals surface area (Å²) in [6.07, 6.45) is 12.7. The largest absolute Gasteiger partial charge is 0.314 e. The highest BCUT2D eigenvalue weighted by Crippen LogP contribution is 2.61. The summed E-state index contributed by atoms with van der Waals surface area (Å²) in [7, 11) is 2.08. The quantitative estimate of drug-likeness (QED) is 0.715. The molecule has 1 atom stereocenters. The fourth-order valence-electron chi connectivity index (χ4n) is 5.31. The van der Waals surface area contributed by atoms with Gasteiger partial charge in [-0.05, 0) is 75.2 Å². The third kappa shape index (κ3) is 1.73. The molecular weight excluding hydrogens is 194 g/mol. The fraction of sp³-hybridized carbons (Fsp3) is 0.867. The molecule has 1 nitrogen and oxygen atoms in total. The van der Waals surface area contributed by atoms with Crippen LogP contribution < -0.4 is 5.32 Å². The molecule has 1 heteroatoms. The molecule has 0 radical (unpaired) electrons. The van der Waals surface area contributed by atoms with Gasteiger partial charge in [0.2, 0.25) is 0 Å². The Labute approximate surface area is 99.7 Å². The second-order valence-electron chi connectivity index (χ2n) is 6.75. The summed E-state index contributed by atoms with van der Waals surface area (Å²) >= 11 is 0. The first-order chi connectivity index (χ1) is 7.73. The lowest BCUT2D eigenvalue weighted by Gasteiger charge is -2.57. The van der Waals surface area contributed by atoms with Gasteiger partial charge in [0, 0.05) is 6.04 Å². The zero-order chi connectivity index (χ0) is 11.2. The van der Waals surface area contributed by atoms with Gasteiger partial charge in [0.15, 0.2) is 0 Å². The Kier molecular flexibility index (Phi) is 2.62. The van der Waals surface area contributed by atoms with Crippen molar-refractivity contribution < 1.29 is 0 Å². The predicted molar refractivity (Wildman–Crippen MR) is 68.3 cm³/mol. The molecule has 0 aromatic rings. The van der Waals surface area contributed by atoms with Gasteiger partial charge >= 0.3 is 0 Å². The summed E-state index contributed by atoms with van der Waals surface area (Å²) in [6.45, 7) is 3.97. The van der Waals surface area contributed by atoms with E-state index in [-0.39, 0.29) is 0 Å². The van der Waals surface area contributed by atoms with Gasteiger partial charge in [-0.25, -0.2) is 0 Å². The maximum atomic E-state index is 3.97. The van der Waals surface area contributed by atoms with E-state index >= 15 is 0 Å². The summed E-state index contributed by atoms with van der Waals surface area (Å²) in [5, 5.41) is 3.41. The van der Waals surface area contributed by atoms with Crippen LogP contribution in [0.2, 0.25) is 0 Å². The first-order valence-electron chi connectivity index (χ1n) is 7.03. The first-order valence-corrected chi connectivity index (χ1v) is 7.03. The standard InChI is InChI=1S/C15H25N/c1-3-14(16-2)10-15-7-11-4-12(8-15)6-13(5-11)9-15/h3,11-14,16H,1,4-10H2,2H3. The molecule has 0 aromatic carbocycles. The van der Waals surface area contributed by atoms with Crippen LogP contribution in [0.1, 0.15) is 44.9 Å². The fourth-order valence-corrected chi connectivity index (χ4v) is 5.31. The molecule has 4 saturated carbocycles. The highest BCUT2D eigenvalue weighted by atomic mass is 14.9. The number of nitrogens with one attached hydrogen (secondary N) is 1. The molecule has 1 N–H and O–H groups in total. The second-order valence-corrected chi connectivity index (χ2v) is 6.75. The number of hydrogen-bond acceptors (Lipinski definition) is 1. The lowest BCUT2D eigenvalue weighted by molar-refractivity contribution is -0.0596. The van der Waals surface area contributed by atoms with Crippen molar-refractivity contribution in [1.29, 1.82) is 0 Å². The highest BCUT2D eigenvalue weighted by molar-refractivity contribution is 5.04. The average molecular weight is 219 g/mol. The van der Waals surface area contributed by atoms with E-state index in [1.54, 1.807) is 19.3 Å². The number of hydrogen-bond donors (Lipinski definition) is 1. The minimum absolute atomic E-state index is 0.538. The second kappa shape index (κ2) is 3.87. The van der Waals surface area contributed by atoms with Gasteiger partial charge in [-0.2, -0.15) is 0 Å². The normalized spacial score (nSPS) is 46.9. The lowest BCUT2D eigenvalue weighted by atomic mass is 9.48. The van der Waals surface area contributed by atoms with Gasteiger partial charge in [-0.1, -0.05) is 6.08 Å². The van der Waals surface area contributed by atoms with Gasteiger partial charge in [0.25, 0.3) is 0 Å². The summed E-state index contributed by atoms with van der Waals surface area (Å²) in [6, 6.07) is 0.538. The highest BCUT2D eigenvalue weighted by Gasteiger charge is 2.50. The Morgan fingerprint density at radius 3 is 2.06 bits per heavy atom. The van der Waals surface area contributed by atoms with E-state index in [1.807, 2.05) is 0 Å². The molecule has 0 saturated heterocycles. The van der Waals surface area contributed by atoms with Crippen LogP contribution >= 0.6 is 0 Å². The van der Waals surface area contributed by atoms with Crippen LogP contribution in [0.3, 0.4) is 0 Å². The van der Waals surface area contributed by atoms with Crippen molar-refractivity contribution in [3.05, 3.63) is 12.7 Å². The lowest BCUT2D eigenvalue weighted by Crippen LogP contribution is -2.48. The van der Waals surface area contributed by atoms with Crippen LogP contribution in [-0.4, -0.2) is 13.1 Å². The number of likely N-dealkylation sites (N-methyl/N-ethyl adjacent to an activating group) is 1. The monoisotopic (exact) mass is 219 g/mol. The minimum atomic E-state index is 0.538. The molecule has 0 aromatic heterocycles. The molecule has 4 rings (SSSR count). The van der Waals surface area contributed by atoms with Crippen molar-refractivity contribution in [2.45, 2.75) is 51.0 Å².